The minimum absolute atomic E-state index is 1.04. The van der Waals surface area contributed by atoms with Crippen LogP contribution in [0.5, 0.6) is 0 Å². The van der Waals surface area contributed by atoms with Crippen molar-refractivity contribution in [3.05, 3.63) is 12.2 Å². The molecule has 0 aromatic heterocycles. The van der Waals surface area contributed by atoms with Gasteiger partial charge in [0.05, 0.1) is 0 Å². The van der Waals surface area contributed by atoms with E-state index in [4.69, 9.17) is 0 Å². The van der Waals surface area contributed by atoms with Gasteiger partial charge in [0.25, 0.3) is 0 Å². The Hall–Kier alpha value is 0.0500. The van der Waals surface area contributed by atoms with Crippen LogP contribution in [-0.4, -0.2) is 6.54 Å². The third-order valence-electron chi connectivity index (χ3n) is 3.30. The molecule has 0 radical (unpaired) electrons. The Bertz CT molecular complexity index is 150. The maximum Gasteiger partial charge on any atom is 0.00561 e. The molecule has 0 fully saturated rings. The molecule has 0 aliphatic rings. The summed E-state index contributed by atoms with van der Waals surface area (Å²) >= 11 is 3.98. The van der Waals surface area contributed by atoms with Crippen molar-refractivity contribution >= 4 is 12.8 Å². The van der Waals surface area contributed by atoms with Crippen LogP contribution in [0.15, 0.2) is 12.2 Å². The van der Waals surface area contributed by atoms with E-state index < -0.39 is 0 Å². The van der Waals surface area contributed by atoms with Crippen molar-refractivity contribution in [2.75, 3.05) is 6.54 Å². The first-order valence-electron chi connectivity index (χ1n) is 7.93. The van der Waals surface area contributed by atoms with Gasteiger partial charge in [-0.25, -0.2) is 0 Å². The highest BCUT2D eigenvalue weighted by atomic mass is 32.1. The van der Waals surface area contributed by atoms with Gasteiger partial charge in [0, 0.05) is 6.54 Å². The van der Waals surface area contributed by atoms with E-state index in [9.17, 15) is 0 Å². The lowest BCUT2D eigenvalue weighted by atomic mass is 10.1. The summed E-state index contributed by atoms with van der Waals surface area (Å²) in [6, 6.07) is 0. The van der Waals surface area contributed by atoms with Gasteiger partial charge in [0.1, 0.15) is 0 Å². The Kier molecular flexibility index (Phi) is 17.1. The van der Waals surface area contributed by atoms with Crippen LogP contribution < -0.4 is 4.72 Å². The molecule has 0 atom stereocenters. The maximum absolute atomic E-state index is 3.98. The quantitative estimate of drug-likeness (QED) is 0.235. The highest BCUT2D eigenvalue weighted by Gasteiger charge is 1.89. The molecule has 0 spiro atoms. The van der Waals surface area contributed by atoms with Gasteiger partial charge >= 0.3 is 0 Å². The lowest BCUT2D eigenvalue weighted by Crippen LogP contribution is -1.99. The number of hydrogen-bond donors (Lipinski definition) is 2. The summed E-state index contributed by atoms with van der Waals surface area (Å²) in [6.07, 6.45) is 21.0. The highest BCUT2D eigenvalue weighted by molar-refractivity contribution is 7.78. The van der Waals surface area contributed by atoms with Gasteiger partial charge in [-0.05, 0) is 32.1 Å². The third kappa shape index (κ3) is 16.1. The van der Waals surface area contributed by atoms with Crippen LogP contribution in [0.25, 0.3) is 0 Å². The predicted molar refractivity (Wildman–Crippen MR) is 87.2 cm³/mol. The van der Waals surface area contributed by atoms with Crippen molar-refractivity contribution in [3.8, 4) is 0 Å². The first-order chi connectivity index (χ1) is 8.91. The second-order valence-corrected chi connectivity index (χ2v) is 5.46. The predicted octanol–water partition coefficient (Wildman–Crippen LogP) is 5.68. The summed E-state index contributed by atoms with van der Waals surface area (Å²) in [7, 11) is 0. The molecule has 0 aliphatic carbocycles. The van der Waals surface area contributed by atoms with Gasteiger partial charge in [-0.2, -0.15) is 0 Å². The molecule has 2 heteroatoms. The van der Waals surface area contributed by atoms with Crippen LogP contribution in [0.2, 0.25) is 0 Å². The molecule has 0 unspecified atom stereocenters. The normalized spacial score (nSPS) is 11.4. The van der Waals surface area contributed by atoms with E-state index in [-0.39, 0.29) is 0 Å². The molecule has 0 saturated carbocycles. The van der Waals surface area contributed by atoms with Gasteiger partial charge < -0.3 is 0 Å². The fraction of sp³-hybridized carbons (Fsp3) is 0.875. The molecule has 0 aliphatic heterocycles. The second-order valence-electron chi connectivity index (χ2n) is 5.14. The Morgan fingerprint density at radius 1 is 0.722 bits per heavy atom. The molecule has 1 N–H and O–H groups in total. The summed E-state index contributed by atoms with van der Waals surface area (Å²) < 4.78 is 2.89. The highest BCUT2D eigenvalue weighted by Crippen LogP contribution is 2.08. The summed E-state index contributed by atoms with van der Waals surface area (Å²) in [5, 5.41) is 0. The van der Waals surface area contributed by atoms with E-state index in [0.717, 1.165) is 6.54 Å². The van der Waals surface area contributed by atoms with Crippen LogP contribution in [0.1, 0.15) is 84.0 Å². The fourth-order valence-electron chi connectivity index (χ4n) is 2.10. The standard InChI is InChI=1S/C16H33NS/c1-2-3-4-5-6-7-8-9-10-11-12-13-14-15-16-17-18/h9-10,17-18H,2-8,11-16H2,1H3. The number of rotatable bonds is 14. The van der Waals surface area contributed by atoms with E-state index >= 15 is 0 Å². The van der Waals surface area contributed by atoms with Gasteiger partial charge in [-0.3, -0.25) is 4.72 Å². The zero-order chi connectivity index (χ0) is 13.3. The van der Waals surface area contributed by atoms with Gasteiger partial charge in [0.2, 0.25) is 0 Å². The molecular weight excluding hydrogens is 238 g/mol. The van der Waals surface area contributed by atoms with Crippen molar-refractivity contribution in [1.29, 1.82) is 0 Å². The van der Waals surface area contributed by atoms with Gasteiger partial charge in [-0.1, -0.05) is 76.8 Å². The van der Waals surface area contributed by atoms with Crippen molar-refractivity contribution in [2.24, 2.45) is 0 Å². The SMILES string of the molecule is CCCCCCCCC=CCCCCCCNS. The fourth-order valence-corrected chi connectivity index (χ4v) is 2.26. The number of nitrogens with one attached hydrogen (secondary N) is 1. The maximum atomic E-state index is 3.98. The lowest BCUT2D eigenvalue weighted by Gasteiger charge is -1.99. The Labute approximate surface area is 120 Å². The van der Waals surface area contributed by atoms with Gasteiger partial charge in [0.15, 0.2) is 0 Å². The molecule has 0 rings (SSSR count). The summed E-state index contributed by atoms with van der Waals surface area (Å²) in [5.41, 5.74) is 0. The minimum Gasteiger partial charge on any atom is -0.267 e. The van der Waals surface area contributed by atoms with Crippen molar-refractivity contribution in [3.63, 3.8) is 0 Å². The number of hydrogen-bond acceptors (Lipinski definition) is 2. The number of unbranched alkanes of at least 4 members (excludes halogenated alkanes) is 10. The topological polar surface area (TPSA) is 12.0 Å². The molecule has 18 heavy (non-hydrogen) atoms. The van der Waals surface area contributed by atoms with E-state index in [1.54, 1.807) is 0 Å². The third-order valence-corrected chi connectivity index (χ3v) is 3.52. The molecule has 108 valence electrons. The van der Waals surface area contributed by atoms with Gasteiger partial charge in [-0.15, -0.1) is 0 Å². The summed E-state index contributed by atoms with van der Waals surface area (Å²) in [5.74, 6) is 0. The van der Waals surface area contributed by atoms with Crippen molar-refractivity contribution < 1.29 is 0 Å². The van der Waals surface area contributed by atoms with Crippen molar-refractivity contribution in [2.45, 2.75) is 84.0 Å². The summed E-state index contributed by atoms with van der Waals surface area (Å²) in [4.78, 5) is 0. The monoisotopic (exact) mass is 271 g/mol. The van der Waals surface area contributed by atoms with Crippen LogP contribution in [-0.2, 0) is 0 Å². The Morgan fingerprint density at radius 2 is 1.22 bits per heavy atom. The molecule has 0 bridgehead atoms. The van der Waals surface area contributed by atoms with E-state index in [1.165, 1.54) is 77.0 Å². The van der Waals surface area contributed by atoms with E-state index in [0.29, 0.717) is 0 Å². The molecule has 0 amide bonds. The average molecular weight is 272 g/mol. The molecule has 1 nitrogen and oxygen atoms in total. The van der Waals surface area contributed by atoms with Crippen LogP contribution >= 0.6 is 12.8 Å². The average Bonchev–Trinajstić information content (AvgIpc) is 2.39. The van der Waals surface area contributed by atoms with Crippen LogP contribution in [0.4, 0.5) is 0 Å². The molecular formula is C16H33NS. The first kappa shape index (κ1) is 18.0. The largest absolute Gasteiger partial charge is 0.267 e. The molecule has 0 heterocycles. The lowest BCUT2D eigenvalue weighted by molar-refractivity contribution is 0.610. The van der Waals surface area contributed by atoms with Crippen LogP contribution in [0, 0.1) is 0 Å². The molecule has 0 aromatic carbocycles. The van der Waals surface area contributed by atoms with E-state index in [2.05, 4.69) is 36.6 Å². The zero-order valence-electron chi connectivity index (χ0n) is 12.3. The number of thiol groups is 1. The smallest absolute Gasteiger partial charge is 0.00561 e. The van der Waals surface area contributed by atoms with E-state index in [1.807, 2.05) is 0 Å². The van der Waals surface area contributed by atoms with Crippen molar-refractivity contribution in [1.82, 2.24) is 4.72 Å². The minimum atomic E-state index is 1.04. The Morgan fingerprint density at radius 3 is 1.78 bits per heavy atom. The summed E-state index contributed by atoms with van der Waals surface area (Å²) in [6.45, 7) is 3.31. The number of allylic oxidation sites excluding steroid dienone is 2. The Balaban J connectivity index is 3.00. The molecule has 0 saturated heterocycles. The van der Waals surface area contributed by atoms with Crippen LogP contribution in [0.3, 0.4) is 0 Å². The molecule has 0 aromatic rings. The zero-order valence-corrected chi connectivity index (χ0v) is 13.2. The first-order valence-corrected chi connectivity index (χ1v) is 8.38. The second kappa shape index (κ2) is 17.1.